The lowest BCUT2D eigenvalue weighted by Gasteiger charge is -1.95. The zero-order chi connectivity index (χ0) is 12.5. The smallest absolute Gasteiger partial charge is 0.269 e. The molecule has 0 saturated carbocycles. The number of nitrogens with zero attached hydrogens (tertiary/aromatic N) is 1. The summed E-state index contributed by atoms with van der Waals surface area (Å²) in [5.74, 6) is 0. The molecular weight excluding hydrogens is 242 g/mol. The molecule has 18 heavy (non-hydrogen) atoms. The zero-order valence-corrected chi connectivity index (χ0v) is 10.8. The van der Waals surface area contributed by atoms with Gasteiger partial charge in [0.1, 0.15) is 18.0 Å². The molecule has 2 aromatic carbocycles. The Balaban J connectivity index is 2.24. The van der Waals surface area contributed by atoms with Gasteiger partial charge in [0.05, 0.1) is 5.56 Å². The van der Waals surface area contributed by atoms with Crippen molar-refractivity contribution < 1.29 is 9.36 Å². The average Bonchev–Trinajstić information content (AvgIpc) is 2.77. The highest BCUT2D eigenvalue weighted by Gasteiger charge is 2.18. The lowest BCUT2D eigenvalue weighted by molar-refractivity contribution is -0.629. The Morgan fingerprint density at radius 2 is 1.94 bits per heavy atom. The molecule has 0 radical (unpaired) electrons. The highest BCUT2D eigenvalue weighted by molar-refractivity contribution is 7.21. The third kappa shape index (κ3) is 1.73. The molecule has 3 heteroatoms. The van der Waals surface area contributed by atoms with E-state index >= 15 is 0 Å². The summed E-state index contributed by atoms with van der Waals surface area (Å²) in [6, 6.07) is 16.0. The summed E-state index contributed by atoms with van der Waals surface area (Å²) >= 11 is 1.74. The maximum absolute atomic E-state index is 10.8. The highest BCUT2D eigenvalue weighted by atomic mass is 32.1. The van der Waals surface area contributed by atoms with Gasteiger partial charge in [-0.15, -0.1) is 0 Å². The van der Waals surface area contributed by atoms with Crippen molar-refractivity contribution in [3.63, 3.8) is 0 Å². The monoisotopic (exact) mass is 254 g/mol. The van der Waals surface area contributed by atoms with E-state index in [1.165, 1.54) is 15.2 Å². The van der Waals surface area contributed by atoms with Crippen LogP contribution in [-0.4, -0.2) is 6.29 Å². The molecule has 3 rings (SSSR count). The molecule has 0 atom stereocenters. The first-order chi connectivity index (χ1) is 8.79. The number of carbonyl (C=O) groups is 1. The van der Waals surface area contributed by atoms with Gasteiger partial charge in [0.25, 0.3) is 5.01 Å². The Bertz CT molecular complexity index is 730. The predicted octanol–water partition coefficient (Wildman–Crippen LogP) is 3.21. The van der Waals surface area contributed by atoms with E-state index in [2.05, 4.69) is 23.7 Å². The van der Waals surface area contributed by atoms with Crippen LogP contribution < -0.4 is 4.57 Å². The van der Waals surface area contributed by atoms with Crippen LogP contribution in [0.1, 0.15) is 10.4 Å². The second kappa shape index (κ2) is 4.35. The molecule has 0 spiro atoms. The second-order valence-electron chi connectivity index (χ2n) is 4.18. The number of aromatic nitrogens is 1. The zero-order valence-electron chi connectivity index (χ0n) is 9.96. The third-order valence-electron chi connectivity index (χ3n) is 3.01. The van der Waals surface area contributed by atoms with E-state index in [1.807, 2.05) is 36.4 Å². The van der Waals surface area contributed by atoms with Gasteiger partial charge >= 0.3 is 0 Å². The molecule has 3 aromatic rings. The van der Waals surface area contributed by atoms with E-state index in [1.54, 1.807) is 11.3 Å². The molecule has 0 unspecified atom stereocenters. The molecule has 0 bridgehead atoms. The maximum Gasteiger partial charge on any atom is 0.269 e. The topological polar surface area (TPSA) is 20.9 Å². The lowest BCUT2D eigenvalue weighted by Crippen LogP contribution is -2.28. The first kappa shape index (κ1) is 11.1. The van der Waals surface area contributed by atoms with E-state index in [0.29, 0.717) is 5.56 Å². The Labute approximate surface area is 109 Å². The molecule has 0 fully saturated rings. The van der Waals surface area contributed by atoms with Gasteiger partial charge in [-0.05, 0) is 18.2 Å². The van der Waals surface area contributed by atoms with E-state index in [0.717, 1.165) is 11.8 Å². The van der Waals surface area contributed by atoms with Gasteiger partial charge in [-0.3, -0.25) is 4.79 Å². The van der Waals surface area contributed by atoms with Crippen molar-refractivity contribution in [2.24, 2.45) is 7.05 Å². The summed E-state index contributed by atoms with van der Waals surface area (Å²) < 4.78 is 3.43. The van der Waals surface area contributed by atoms with E-state index in [-0.39, 0.29) is 0 Å². The van der Waals surface area contributed by atoms with Crippen molar-refractivity contribution in [3.8, 4) is 10.6 Å². The van der Waals surface area contributed by atoms with Gasteiger partial charge in [0.2, 0.25) is 5.52 Å². The molecule has 88 valence electrons. The van der Waals surface area contributed by atoms with Gasteiger partial charge in [-0.2, -0.15) is 4.57 Å². The number of rotatable bonds is 2. The van der Waals surface area contributed by atoms with Crippen molar-refractivity contribution >= 4 is 27.8 Å². The van der Waals surface area contributed by atoms with Gasteiger partial charge in [0.15, 0.2) is 0 Å². The van der Waals surface area contributed by atoms with Crippen LogP contribution in [0.5, 0.6) is 0 Å². The van der Waals surface area contributed by atoms with Crippen LogP contribution in [0.4, 0.5) is 0 Å². The predicted molar refractivity (Wildman–Crippen MR) is 73.8 cm³/mol. The van der Waals surface area contributed by atoms with E-state index in [9.17, 15) is 4.79 Å². The third-order valence-corrected chi connectivity index (χ3v) is 4.28. The van der Waals surface area contributed by atoms with Crippen molar-refractivity contribution in [2.75, 3.05) is 0 Å². The quantitative estimate of drug-likeness (QED) is 0.508. The van der Waals surface area contributed by atoms with Crippen LogP contribution in [0.25, 0.3) is 20.8 Å². The van der Waals surface area contributed by atoms with Crippen LogP contribution in [0.2, 0.25) is 0 Å². The minimum atomic E-state index is 0.713. The van der Waals surface area contributed by atoms with Crippen LogP contribution >= 0.6 is 11.3 Å². The van der Waals surface area contributed by atoms with Crippen LogP contribution in [0.3, 0.4) is 0 Å². The molecule has 1 heterocycles. The van der Waals surface area contributed by atoms with Crippen molar-refractivity contribution in [3.05, 3.63) is 54.1 Å². The summed E-state index contributed by atoms with van der Waals surface area (Å²) in [6.45, 7) is 0. The maximum atomic E-state index is 10.8. The van der Waals surface area contributed by atoms with Crippen molar-refractivity contribution in [1.29, 1.82) is 0 Å². The normalized spacial score (nSPS) is 10.7. The standard InChI is InChI=1S/C15H12NOS/c1-16-13-7-2-3-8-14(13)18-15(16)12-6-4-5-11(9-12)10-17/h2-10H,1H3/q+1. The van der Waals surface area contributed by atoms with E-state index < -0.39 is 0 Å². The largest absolute Gasteiger partial charge is 0.298 e. The molecule has 2 nitrogen and oxygen atoms in total. The Morgan fingerprint density at radius 1 is 1.11 bits per heavy atom. The minimum Gasteiger partial charge on any atom is -0.298 e. The van der Waals surface area contributed by atoms with Crippen LogP contribution in [-0.2, 0) is 7.05 Å². The average molecular weight is 254 g/mol. The first-order valence-electron chi connectivity index (χ1n) is 5.73. The van der Waals surface area contributed by atoms with Crippen LogP contribution in [0.15, 0.2) is 48.5 Å². The first-order valence-corrected chi connectivity index (χ1v) is 6.54. The Morgan fingerprint density at radius 3 is 2.72 bits per heavy atom. The fraction of sp³-hybridized carbons (Fsp3) is 0.0667. The van der Waals surface area contributed by atoms with Gasteiger partial charge in [-0.25, -0.2) is 0 Å². The molecule has 0 aliphatic carbocycles. The SMILES string of the molecule is C[n+]1c(-c2cccc(C=O)c2)sc2ccccc21. The fourth-order valence-corrected chi connectivity index (χ4v) is 3.24. The summed E-state index contributed by atoms with van der Waals surface area (Å²) in [5.41, 5.74) is 3.02. The lowest BCUT2D eigenvalue weighted by atomic mass is 10.1. The summed E-state index contributed by atoms with van der Waals surface area (Å²) in [6.07, 6.45) is 0.886. The molecular formula is C15H12NOS+. The second-order valence-corrected chi connectivity index (χ2v) is 5.21. The summed E-state index contributed by atoms with van der Waals surface area (Å²) in [5, 5.41) is 1.17. The minimum absolute atomic E-state index is 0.713. The number of aldehydes is 1. The Kier molecular flexibility index (Phi) is 2.68. The number of aryl methyl sites for hydroxylation is 1. The number of fused-ring (bicyclic) bond motifs is 1. The fourth-order valence-electron chi connectivity index (χ4n) is 2.10. The number of thiazole rings is 1. The molecule has 1 aromatic heterocycles. The molecule has 0 saturated heterocycles. The van der Waals surface area contributed by atoms with E-state index in [4.69, 9.17) is 0 Å². The van der Waals surface area contributed by atoms with Gasteiger partial charge in [-0.1, -0.05) is 35.6 Å². The molecule has 0 amide bonds. The van der Waals surface area contributed by atoms with Crippen molar-refractivity contribution in [1.82, 2.24) is 0 Å². The number of benzene rings is 2. The number of para-hydroxylation sites is 1. The van der Waals surface area contributed by atoms with Crippen molar-refractivity contribution in [2.45, 2.75) is 0 Å². The highest BCUT2D eigenvalue weighted by Crippen LogP contribution is 2.28. The molecule has 0 aliphatic rings. The molecule has 0 N–H and O–H groups in total. The Hall–Kier alpha value is -2.00. The molecule has 0 aliphatic heterocycles. The van der Waals surface area contributed by atoms with Gasteiger partial charge in [0, 0.05) is 11.6 Å². The van der Waals surface area contributed by atoms with Gasteiger partial charge < -0.3 is 0 Å². The van der Waals surface area contributed by atoms with Crippen LogP contribution in [0, 0.1) is 0 Å². The summed E-state index contributed by atoms with van der Waals surface area (Å²) in [7, 11) is 2.06. The number of hydrogen-bond acceptors (Lipinski definition) is 2. The number of carbonyl (C=O) groups excluding carboxylic acids is 1. The number of hydrogen-bond donors (Lipinski definition) is 0. The summed E-state index contributed by atoms with van der Waals surface area (Å²) in [4.78, 5) is 10.8.